The third kappa shape index (κ3) is 6.18. The first-order valence-electron chi connectivity index (χ1n) is 10.9. The fraction of sp³-hybridized carbons (Fsp3) is 0.222. The highest BCUT2D eigenvalue weighted by Gasteiger charge is 2.25. The van der Waals surface area contributed by atoms with Gasteiger partial charge in [0.25, 0.3) is 5.91 Å². The number of thiazole rings is 1. The van der Waals surface area contributed by atoms with Crippen LogP contribution in [0.4, 0.5) is 10.8 Å². The third-order valence-electron chi connectivity index (χ3n) is 5.73. The standard InChI is InChI=1S/C26H24ClN3O3S.CH4/c1-3-15(2)23(25(32)33)30-24(31)18-6-4-16(5-7-18)17-8-11-20(12-9-17)28-26-29-21-13-10-19(27)14-22(21)34-26;/h4-15,23H,3H2,1-2H3,(H,28,29)(H,30,31)(H,32,33);1H4/t15-,23-;/m0./s1. The number of nitrogens with zero attached hydrogens (tertiary/aromatic N) is 1. The first-order chi connectivity index (χ1) is 16.3. The minimum atomic E-state index is -1.03. The second-order valence-electron chi connectivity index (χ2n) is 8.09. The quantitative estimate of drug-likeness (QED) is 0.233. The van der Waals surface area contributed by atoms with Crippen LogP contribution in [0.2, 0.25) is 5.02 Å². The molecule has 4 aromatic rings. The first kappa shape index (κ1) is 26.2. The highest BCUT2D eigenvalue weighted by Crippen LogP contribution is 2.31. The van der Waals surface area contributed by atoms with Gasteiger partial charge in [-0.1, -0.05) is 74.9 Å². The molecule has 0 radical (unpaired) electrons. The Labute approximate surface area is 214 Å². The number of carboxylic acid groups (broad SMARTS) is 1. The Kier molecular flexibility index (Phi) is 8.48. The van der Waals surface area contributed by atoms with E-state index >= 15 is 0 Å². The Morgan fingerprint density at radius 1 is 1.03 bits per heavy atom. The van der Waals surface area contributed by atoms with Crippen LogP contribution in [0.15, 0.2) is 66.7 Å². The van der Waals surface area contributed by atoms with Crippen molar-refractivity contribution in [1.82, 2.24) is 10.3 Å². The van der Waals surface area contributed by atoms with Crippen molar-refractivity contribution in [3.05, 3.63) is 77.3 Å². The summed E-state index contributed by atoms with van der Waals surface area (Å²) < 4.78 is 1.02. The molecule has 0 spiro atoms. The summed E-state index contributed by atoms with van der Waals surface area (Å²) in [6.07, 6.45) is 0.661. The Morgan fingerprint density at radius 2 is 1.66 bits per heavy atom. The second kappa shape index (κ2) is 11.3. The van der Waals surface area contributed by atoms with Crippen LogP contribution in [-0.2, 0) is 4.79 Å². The van der Waals surface area contributed by atoms with E-state index in [0.29, 0.717) is 17.0 Å². The van der Waals surface area contributed by atoms with Gasteiger partial charge in [0.1, 0.15) is 6.04 Å². The minimum Gasteiger partial charge on any atom is -0.480 e. The maximum Gasteiger partial charge on any atom is 0.326 e. The van der Waals surface area contributed by atoms with Gasteiger partial charge >= 0.3 is 5.97 Å². The molecule has 182 valence electrons. The monoisotopic (exact) mass is 509 g/mol. The van der Waals surface area contributed by atoms with Crippen LogP contribution in [0.25, 0.3) is 21.3 Å². The van der Waals surface area contributed by atoms with Gasteiger partial charge < -0.3 is 15.7 Å². The fourth-order valence-electron chi connectivity index (χ4n) is 3.54. The van der Waals surface area contributed by atoms with Gasteiger partial charge in [0.2, 0.25) is 0 Å². The Hall–Kier alpha value is -3.42. The zero-order valence-corrected chi connectivity index (χ0v) is 20.3. The lowest BCUT2D eigenvalue weighted by Crippen LogP contribution is -2.45. The Balaban J connectivity index is 0.00000342. The molecule has 0 saturated heterocycles. The van der Waals surface area contributed by atoms with Gasteiger partial charge in [0.05, 0.1) is 10.2 Å². The van der Waals surface area contributed by atoms with Crippen LogP contribution in [-0.4, -0.2) is 28.0 Å². The molecule has 3 aromatic carbocycles. The number of hydrogen-bond acceptors (Lipinski definition) is 5. The smallest absolute Gasteiger partial charge is 0.326 e. The molecule has 35 heavy (non-hydrogen) atoms. The number of amides is 1. The van der Waals surface area contributed by atoms with E-state index < -0.39 is 17.9 Å². The highest BCUT2D eigenvalue weighted by molar-refractivity contribution is 7.22. The number of nitrogens with one attached hydrogen (secondary N) is 2. The zero-order valence-electron chi connectivity index (χ0n) is 18.7. The Bertz CT molecular complexity index is 1320. The Morgan fingerprint density at radius 3 is 2.26 bits per heavy atom. The molecular formula is C27H28ClN3O3S. The SMILES string of the molecule is C.CC[C@H](C)[C@H](NC(=O)c1ccc(-c2ccc(Nc3nc4ccc(Cl)cc4s3)cc2)cc1)C(=O)O. The van der Waals surface area contributed by atoms with E-state index in [2.05, 4.69) is 15.6 Å². The summed E-state index contributed by atoms with van der Waals surface area (Å²) in [5, 5.41) is 16.8. The number of carbonyl (C=O) groups excluding carboxylic acids is 1. The summed E-state index contributed by atoms with van der Waals surface area (Å²) in [6, 6.07) is 19.8. The largest absolute Gasteiger partial charge is 0.480 e. The number of fused-ring (bicyclic) bond motifs is 1. The summed E-state index contributed by atoms with van der Waals surface area (Å²) in [5.41, 5.74) is 4.18. The molecule has 0 aliphatic carbocycles. The van der Waals surface area contributed by atoms with Crippen LogP contribution in [0.3, 0.4) is 0 Å². The number of carboxylic acids is 1. The van der Waals surface area contributed by atoms with E-state index in [9.17, 15) is 14.7 Å². The first-order valence-corrected chi connectivity index (χ1v) is 12.1. The van der Waals surface area contributed by atoms with Crippen LogP contribution < -0.4 is 10.6 Å². The van der Waals surface area contributed by atoms with Crippen molar-refractivity contribution in [1.29, 1.82) is 0 Å². The molecule has 1 amide bonds. The molecule has 3 N–H and O–H groups in total. The van der Waals surface area contributed by atoms with Crippen molar-refractivity contribution in [3.8, 4) is 11.1 Å². The normalized spacial score (nSPS) is 12.4. The molecule has 0 unspecified atom stereocenters. The number of aromatic nitrogens is 1. The van der Waals surface area contributed by atoms with E-state index in [-0.39, 0.29) is 13.3 Å². The van der Waals surface area contributed by atoms with Crippen LogP contribution in [0.5, 0.6) is 0 Å². The molecule has 0 fully saturated rings. The zero-order chi connectivity index (χ0) is 24.2. The van der Waals surface area contributed by atoms with Crippen LogP contribution >= 0.6 is 22.9 Å². The van der Waals surface area contributed by atoms with Gasteiger partial charge in [-0.25, -0.2) is 9.78 Å². The van der Waals surface area contributed by atoms with Gasteiger partial charge in [0, 0.05) is 16.3 Å². The summed E-state index contributed by atoms with van der Waals surface area (Å²) in [4.78, 5) is 28.6. The molecule has 6 nitrogen and oxygen atoms in total. The van der Waals surface area contributed by atoms with Crippen molar-refractivity contribution in [2.24, 2.45) is 5.92 Å². The summed E-state index contributed by atoms with van der Waals surface area (Å²) in [6.45, 7) is 3.71. The number of benzene rings is 3. The van der Waals surface area contributed by atoms with Gasteiger partial charge in [-0.3, -0.25) is 4.79 Å². The molecule has 1 heterocycles. The highest BCUT2D eigenvalue weighted by atomic mass is 35.5. The van der Waals surface area contributed by atoms with E-state index in [1.54, 1.807) is 12.1 Å². The predicted octanol–water partition coefficient (Wildman–Crippen LogP) is 7.23. The molecule has 0 aliphatic rings. The van der Waals surface area contributed by atoms with Gasteiger partial charge in [-0.15, -0.1) is 0 Å². The summed E-state index contributed by atoms with van der Waals surface area (Å²) in [5.74, 6) is -1.58. The fourth-order valence-corrected chi connectivity index (χ4v) is 4.71. The van der Waals surface area contributed by atoms with Crippen molar-refractivity contribution in [2.75, 3.05) is 5.32 Å². The summed E-state index contributed by atoms with van der Waals surface area (Å²) in [7, 11) is 0. The van der Waals surface area contributed by atoms with E-state index in [4.69, 9.17) is 11.6 Å². The van der Waals surface area contributed by atoms with Gasteiger partial charge in [0.15, 0.2) is 5.13 Å². The van der Waals surface area contributed by atoms with Crippen LogP contribution in [0.1, 0.15) is 38.1 Å². The van der Waals surface area contributed by atoms with Crippen molar-refractivity contribution in [3.63, 3.8) is 0 Å². The van der Waals surface area contributed by atoms with E-state index in [1.165, 1.54) is 11.3 Å². The lowest BCUT2D eigenvalue weighted by Gasteiger charge is -2.20. The number of rotatable bonds is 8. The maximum atomic E-state index is 12.5. The number of halogens is 1. The second-order valence-corrected chi connectivity index (χ2v) is 9.55. The number of aliphatic carboxylic acids is 1. The predicted molar refractivity (Wildman–Crippen MR) is 145 cm³/mol. The maximum absolute atomic E-state index is 12.5. The summed E-state index contributed by atoms with van der Waals surface area (Å²) >= 11 is 7.60. The van der Waals surface area contributed by atoms with Gasteiger partial charge in [-0.05, 0) is 59.5 Å². The molecule has 8 heteroatoms. The molecular weight excluding hydrogens is 482 g/mol. The van der Waals surface area contributed by atoms with Crippen molar-refractivity contribution in [2.45, 2.75) is 33.7 Å². The van der Waals surface area contributed by atoms with Crippen molar-refractivity contribution >= 4 is 55.8 Å². The van der Waals surface area contributed by atoms with Gasteiger partial charge in [-0.2, -0.15) is 0 Å². The molecule has 2 atom stereocenters. The average molecular weight is 510 g/mol. The number of carbonyl (C=O) groups is 2. The van der Waals surface area contributed by atoms with E-state index in [0.717, 1.165) is 32.2 Å². The number of hydrogen-bond donors (Lipinski definition) is 3. The third-order valence-corrected chi connectivity index (χ3v) is 6.90. The molecule has 4 rings (SSSR count). The average Bonchev–Trinajstić information content (AvgIpc) is 3.23. The number of anilines is 2. The molecule has 0 bridgehead atoms. The van der Waals surface area contributed by atoms with Crippen LogP contribution in [0, 0.1) is 5.92 Å². The minimum absolute atomic E-state index is 0. The lowest BCUT2D eigenvalue weighted by molar-refractivity contribution is -0.140. The molecule has 0 saturated carbocycles. The topological polar surface area (TPSA) is 91.3 Å². The lowest BCUT2D eigenvalue weighted by atomic mass is 9.98. The molecule has 0 aliphatic heterocycles. The van der Waals surface area contributed by atoms with Crippen molar-refractivity contribution < 1.29 is 14.7 Å². The van der Waals surface area contributed by atoms with E-state index in [1.807, 2.05) is 68.4 Å². The molecule has 1 aromatic heterocycles.